The second kappa shape index (κ2) is 9.49. The van der Waals surface area contributed by atoms with Crippen molar-refractivity contribution in [1.82, 2.24) is 14.7 Å². The normalized spacial score (nSPS) is 17.2. The van der Waals surface area contributed by atoms with E-state index in [2.05, 4.69) is 5.10 Å². The van der Waals surface area contributed by atoms with Gasteiger partial charge in [-0.1, -0.05) is 54.6 Å². The molecule has 0 bridgehead atoms. The molecule has 0 saturated carbocycles. The fraction of sp³-hybridized carbons (Fsp3) is 0.276. The highest BCUT2D eigenvalue weighted by molar-refractivity contribution is 6.05. The summed E-state index contributed by atoms with van der Waals surface area (Å²) in [7, 11) is 0. The molecule has 1 saturated heterocycles. The van der Waals surface area contributed by atoms with Gasteiger partial charge >= 0.3 is 0 Å². The third kappa shape index (κ3) is 4.11. The summed E-state index contributed by atoms with van der Waals surface area (Å²) in [6, 6.07) is 22.8. The minimum Gasteiger partial charge on any atom is -0.490 e. The summed E-state index contributed by atoms with van der Waals surface area (Å²) in [6.45, 7) is 2.18. The van der Waals surface area contributed by atoms with Gasteiger partial charge < -0.3 is 14.4 Å². The predicted molar refractivity (Wildman–Crippen MR) is 137 cm³/mol. The van der Waals surface area contributed by atoms with E-state index in [9.17, 15) is 9.59 Å². The van der Waals surface area contributed by atoms with E-state index in [-0.39, 0.29) is 17.5 Å². The number of nitrogens with zero attached hydrogens (tertiary/aromatic N) is 3. The van der Waals surface area contributed by atoms with E-state index in [1.807, 2.05) is 71.6 Å². The number of likely N-dealkylation sites (tertiary alicyclic amines) is 1. The molecule has 6 rings (SSSR count). The van der Waals surface area contributed by atoms with E-state index in [1.165, 1.54) is 4.68 Å². The minimum atomic E-state index is -0.202. The van der Waals surface area contributed by atoms with Gasteiger partial charge in [-0.15, -0.1) is 0 Å². The highest BCUT2D eigenvalue weighted by atomic mass is 16.5. The maximum atomic E-state index is 14.0. The number of carbonyl (C=O) groups is 1. The zero-order chi connectivity index (χ0) is 24.5. The Morgan fingerprint density at radius 2 is 1.64 bits per heavy atom. The largest absolute Gasteiger partial charge is 0.490 e. The van der Waals surface area contributed by atoms with E-state index in [0.717, 1.165) is 41.9 Å². The average Bonchev–Trinajstić information content (AvgIpc) is 3.29. The molecule has 2 aliphatic rings. The Labute approximate surface area is 208 Å². The van der Waals surface area contributed by atoms with Gasteiger partial charge in [-0.25, -0.2) is 4.68 Å². The molecule has 0 N–H and O–H groups in total. The van der Waals surface area contributed by atoms with Crippen LogP contribution in [0, 0.1) is 0 Å². The van der Waals surface area contributed by atoms with Crippen LogP contribution in [0.5, 0.6) is 11.5 Å². The highest BCUT2D eigenvalue weighted by Crippen LogP contribution is 2.38. The molecule has 0 spiro atoms. The van der Waals surface area contributed by atoms with E-state index < -0.39 is 0 Å². The van der Waals surface area contributed by atoms with Gasteiger partial charge in [0.2, 0.25) is 0 Å². The summed E-state index contributed by atoms with van der Waals surface area (Å²) in [6.07, 6.45) is 2.59. The van der Waals surface area contributed by atoms with Gasteiger partial charge in [0.05, 0.1) is 31.2 Å². The van der Waals surface area contributed by atoms with Crippen molar-refractivity contribution in [2.75, 3.05) is 19.8 Å². The lowest BCUT2D eigenvalue weighted by molar-refractivity contribution is 0.0729. The molecule has 1 amide bonds. The minimum absolute atomic E-state index is 0.0929. The van der Waals surface area contributed by atoms with Gasteiger partial charge in [0.1, 0.15) is 0 Å². The molecule has 0 unspecified atom stereocenters. The van der Waals surface area contributed by atoms with Crippen LogP contribution >= 0.6 is 0 Å². The third-order valence-corrected chi connectivity index (χ3v) is 6.92. The Morgan fingerprint density at radius 3 is 2.47 bits per heavy atom. The first-order chi connectivity index (χ1) is 17.7. The molecule has 3 heterocycles. The third-order valence-electron chi connectivity index (χ3n) is 6.92. The molecule has 1 aromatic heterocycles. The van der Waals surface area contributed by atoms with E-state index in [4.69, 9.17) is 9.47 Å². The molecule has 7 heteroatoms. The van der Waals surface area contributed by atoms with Crippen molar-refractivity contribution in [3.63, 3.8) is 0 Å². The molecular formula is C29H27N3O4. The SMILES string of the molecule is O=C(c1nn(Cc2ccccc2)c(=O)c2ccccc12)N1CCC[C@H]1c1ccc2c(c1)OCCCO2. The van der Waals surface area contributed by atoms with Crippen molar-refractivity contribution < 1.29 is 14.3 Å². The molecule has 3 aromatic carbocycles. The van der Waals surface area contributed by atoms with E-state index in [1.54, 1.807) is 6.07 Å². The maximum absolute atomic E-state index is 14.0. The number of amides is 1. The van der Waals surface area contributed by atoms with Crippen molar-refractivity contribution in [3.05, 3.63) is 100.0 Å². The lowest BCUT2D eigenvalue weighted by Crippen LogP contribution is -2.34. The van der Waals surface area contributed by atoms with Gasteiger partial charge in [-0.05, 0) is 42.2 Å². The molecule has 2 aliphatic heterocycles. The lowest BCUT2D eigenvalue weighted by atomic mass is 10.0. The Bertz CT molecular complexity index is 1480. The van der Waals surface area contributed by atoms with Gasteiger partial charge in [-0.3, -0.25) is 9.59 Å². The Kier molecular flexibility index (Phi) is 5.89. The van der Waals surface area contributed by atoms with Crippen LogP contribution in [0.15, 0.2) is 77.6 Å². The van der Waals surface area contributed by atoms with Crippen LogP contribution in [-0.2, 0) is 6.54 Å². The standard InChI is InChI=1S/C29H27N3O4/c33-28-23-11-5-4-10-22(23)27(30-32(28)19-20-8-2-1-3-9-20)29(34)31-15-6-12-24(31)21-13-14-25-26(18-21)36-17-7-16-35-25/h1-5,8-11,13-14,18,24H,6-7,12,15-17,19H2/t24-/m0/s1. The highest BCUT2D eigenvalue weighted by Gasteiger charge is 2.33. The maximum Gasteiger partial charge on any atom is 0.275 e. The number of benzene rings is 3. The molecule has 1 atom stereocenters. The summed E-state index contributed by atoms with van der Waals surface area (Å²) in [5.41, 5.74) is 2.08. The van der Waals surface area contributed by atoms with Crippen molar-refractivity contribution in [3.8, 4) is 11.5 Å². The number of carbonyl (C=O) groups excluding carboxylic acids is 1. The second-order valence-electron chi connectivity index (χ2n) is 9.26. The zero-order valence-electron chi connectivity index (χ0n) is 19.9. The molecule has 182 valence electrons. The van der Waals surface area contributed by atoms with Crippen molar-refractivity contribution in [2.24, 2.45) is 0 Å². The monoisotopic (exact) mass is 481 g/mol. The summed E-state index contributed by atoms with van der Waals surface area (Å²) < 4.78 is 13.1. The van der Waals surface area contributed by atoms with Gasteiger partial charge in [0.25, 0.3) is 11.5 Å². The van der Waals surface area contributed by atoms with Crippen LogP contribution in [0.2, 0.25) is 0 Å². The predicted octanol–water partition coefficient (Wildman–Crippen LogP) is 4.58. The molecule has 36 heavy (non-hydrogen) atoms. The summed E-state index contributed by atoms with van der Waals surface area (Å²) in [5, 5.41) is 5.70. The van der Waals surface area contributed by atoms with Crippen LogP contribution in [0.1, 0.15) is 46.9 Å². The topological polar surface area (TPSA) is 73.7 Å². The van der Waals surface area contributed by atoms with Gasteiger partial charge in [0.15, 0.2) is 17.2 Å². The number of ether oxygens (including phenoxy) is 2. The van der Waals surface area contributed by atoms with Crippen LogP contribution in [0.3, 0.4) is 0 Å². The van der Waals surface area contributed by atoms with Crippen LogP contribution < -0.4 is 15.0 Å². The summed E-state index contributed by atoms with van der Waals surface area (Å²) >= 11 is 0. The molecule has 4 aromatic rings. The van der Waals surface area contributed by atoms with E-state index in [0.29, 0.717) is 42.8 Å². The van der Waals surface area contributed by atoms with Crippen LogP contribution in [0.25, 0.3) is 10.8 Å². The zero-order valence-corrected chi connectivity index (χ0v) is 19.9. The summed E-state index contributed by atoms with van der Waals surface area (Å²) in [5.74, 6) is 1.31. The van der Waals surface area contributed by atoms with Crippen molar-refractivity contribution >= 4 is 16.7 Å². The fourth-order valence-electron chi connectivity index (χ4n) is 5.14. The fourth-order valence-corrected chi connectivity index (χ4v) is 5.14. The van der Waals surface area contributed by atoms with Crippen molar-refractivity contribution in [1.29, 1.82) is 0 Å². The van der Waals surface area contributed by atoms with Crippen molar-refractivity contribution in [2.45, 2.75) is 31.8 Å². The molecule has 1 fully saturated rings. The van der Waals surface area contributed by atoms with Gasteiger partial charge in [0, 0.05) is 18.4 Å². The number of hydrogen-bond acceptors (Lipinski definition) is 5. The van der Waals surface area contributed by atoms with Gasteiger partial charge in [-0.2, -0.15) is 5.10 Å². The second-order valence-corrected chi connectivity index (χ2v) is 9.26. The Morgan fingerprint density at radius 1 is 0.889 bits per heavy atom. The Hall–Kier alpha value is -4.13. The first-order valence-electron chi connectivity index (χ1n) is 12.4. The number of aromatic nitrogens is 2. The quantitative estimate of drug-likeness (QED) is 0.427. The molecule has 0 aliphatic carbocycles. The molecule has 0 radical (unpaired) electrons. The molecular weight excluding hydrogens is 454 g/mol. The first kappa shape index (κ1) is 22.3. The lowest BCUT2D eigenvalue weighted by Gasteiger charge is -2.26. The number of fused-ring (bicyclic) bond motifs is 2. The van der Waals surface area contributed by atoms with Crippen LogP contribution in [0.4, 0.5) is 0 Å². The summed E-state index contributed by atoms with van der Waals surface area (Å²) in [4.78, 5) is 29.1. The smallest absolute Gasteiger partial charge is 0.275 e. The molecule has 7 nitrogen and oxygen atoms in total. The number of rotatable bonds is 4. The van der Waals surface area contributed by atoms with Crippen LogP contribution in [-0.4, -0.2) is 40.3 Å². The first-order valence-corrected chi connectivity index (χ1v) is 12.4. The van der Waals surface area contributed by atoms with E-state index >= 15 is 0 Å². The average molecular weight is 482 g/mol. The Balaban J connectivity index is 1.38. The number of hydrogen-bond donors (Lipinski definition) is 0.